The molecule has 3 fully saturated rings. The Bertz CT molecular complexity index is 1510. The number of nitrogens with one attached hydrogen (secondary N) is 5. The molecule has 11 N–H and O–H groups in total. The minimum Gasteiger partial charge on any atom is -0.508 e. The Balaban J connectivity index is 1.72. The number of rotatable bonds is 9. The minimum absolute atomic E-state index is 0.00847. The Labute approximate surface area is 312 Å². The van der Waals surface area contributed by atoms with Gasteiger partial charge in [-0.15, -0.1) is 0 Å². The van der Waals surface area contributed by atoms with Crippen molar-refractivity contribution in [3.05, 3.63) is 29.8 Å². The van der Waals surface area contributed by atoms with Crippen molar-refractivity contribution in [2.75, 3.05) is 26.2 Å². The van der Waals surface area contributed by atoms with Crippen molar-refractivity contribution >= 4 is 41.9 Å². The molecule has 0 saturated carbocycles. The van der Waals surface area contributed by atoms with E-state index in [4.69, 9.17) is 5.73 Å². The first-order valence-corrected chi connectivity index (χ1v) is 18.3. The van der Waals surface area contributed by atoms with E-state index in [1.807, 2.05) is 0 Å². The number of carbonyl (C=O) groups is 7. The number of β-amino-alcohol motifs (C(OH)–C–C–N with tert-alkyl or cyclic N) is 1. The molecule has 4 rings (SSSR count). The van der Waals surface area contributed by atoms with Crippen LogP contribution in [0.15, 0.2) is 24.3 Å². The maximum absolute atomic E-state index is 14.1. The standard InChI is InChI=1S/C35H52N8O11/c1-2-22-34(53)42-14-3-4-25(42)32(51)40-23(10-7-19-5-8-20(45)9-6-19)30(49)41-28(26(47)11-13-36)35(54)43-15-12-27(48)29(43)33(52)37-17-21(46)16-24(38-18-44)31(50)39-22/h5-6,8-9,18,21-29,45-48H,2-4,7,10-17,36H2,1H3,(H,37,52)(H,38,44)(H,39,50)(H,40,51)(H,41,49)/t21-,22?,23?,24+,25?,26-,27+,28?,29?/m1/s1. The second-order valence-electron chi connectivity index (χ2n) is 13.9. The number of aromatic hydroxyl groups is 1. The third kappa shape index (κ3) is 10.4. The van der Waals surface area contributed by atoms with Gasteiger partial charge in [0.15, 0.2) is 0 Å². The molecule has 7 amide bonds. The molecule has 3 heterocycles. The number of amides is 7. The minimum atomic E-state index is -1.66. The van der Waals surface area contributed by atoms with Gasteiger partial charge in [0.1, 0.15) is 42.0 Å². The molecule has 0 bridgehead atoms. The third-order valence-corrected chi connectivity index (χ3v) is 10.1. The van der Waals surface area contributed by atoms with E-state index < -0.39 is 96.6 Å². The van der Waals surface area contributed by atoms with Crippen molar-refractivity contribution in [2.24, 2.45) is 5.73 Å². The molecule has 9 atom stereocenters. The normalized spacial score (nSPS) is 29.9. The maximum Gasteiger partial charge on any atom is 0.248 e. The molecule has 54 heavy (non-hydrogen) atoms. The highest BCUT2D eigenvalue weighted by atomic mass is 16.3. The second kappa shape index (κ2) is 19.5. The molecule has 3 aliphatic rings. The van der Waals surface area contributed by atoms with E-state index >= 15 is 0 Å². The van der Waals surface area contributed by atoms with Crippen LogP contribution in [-0.4, -0.2) is 153 Å². The van der Waals surface area contributed by atoms with E-state index in [1.165, 1.54) is 17.0 Å². The molecule has 3 aliphatic heterocycles. The summed E-state index contributed by atoms with van der Waals surface area (Å²) in [5, 5.41) is 55.0. The topological polar surface area (TPSA) is 293 Å². The largest absolute Gasteiger partial charge is 0.508 e. The van der Waals surface area contributed by atoms with Gasteiger partial charge in [-0.3, -0.25) is 33.6 Å². The SMILES string of the molecule is CCC1NC(=O)[C@@H](NC=O)C[C@@H](O)CNC(=O)C2[C@@H](O)CCN2C(=O)C([C@H](O)CCN)NC(=O)C(CCc2ccc(O)cc2)NC(=O)C2CCCN2C1=O. The third-order valence-electron chi connectivity index (χ3n) is 10.1. The van der Waals surface area contributed by atoms with Gasteiger partial charge in [-0.05, 0) is 69.2 Å². The first-order chi connectivity index (χ1) is 25.8. The monoisotopic (exact) mass is 760 g/mol. The summed E-state index contributed by atoms with van der Waals surface area (Å²) < 4.78 is 0. The molecule has 0 spiro atoms. The van der Waals surface area contributed by atoms with Crippen LogP contribution in [0, 0.1) is 0 Å². The van der Waals surface area contributed by atoms with Crippen molar-refractivity contribution < 1.29 is 54.0 Å². The number of benzene rings is 1. The Morgan fingerprint density at radius 1 is 0.907 bits per heavy atom. The lowest BCUT2D eigenvalue weighted by Crippen LogP contribution is -2.62. The highest BCUT2D eigenvalue weighted by Crippen LogP contribution is 2.23. The van der Waals surface area contributed by atoms with Gasteiger partial charge >= 0.3 is 0 Å². The lowest BCUT2D eigenvalue weighted by atomic mass is 10.0. The van der Waals surface area contributed by atoms with Gasteiger partial charge in [0, 0.05) is 26.1 Å². The smallest absolute Gasteiger partial charge is 0.248 e. The average Bonchev–Trinajstić information content (AvgIpc) is 3.80. The highest BCUT2D eigenvalue weighted by Gasteiger charge is 2.46. The Hall–Kier alpha value is -4.85. The predicted octanol–water partition coefficient (Wildman–Crippen LogP) is -4.15. The Morgan fingerprint density at radius 2 is 1.61 bits per heavy atom. The highest BCUT2D eigenvalue weighted by molar-refractivity contribution is 5.97. The second-order valence-corrected chi connectivity index (χ2v) is 13.9. The van der Waals surface area contributed by atoms with Crippen molar-refractivity contribution in [2.45, 2.75) is 113 Å². The maximum atomic E-state index is 14.1. The summed E-state index contributed by atoms with van der Waals surface area (Å²) in [6.07, 6.45) is -3.57. The first-order valence-electron chi connectivity index (χ1n) is 18.3. The number of nitrogens with two attached hydrogens (primary N) is 1. The molecule has 5 unspecified atom stereocenters. The van der Waals surface area contributed by atoms with Crippen LogP contribution in [0.25, 0.3) is 0 Å². The van der Waals surface area contributed by atoms with Gasteiger partial charge in [-0.1, -0.05) is 19.1 Å². The Kier molecular flexibility index (Phi) is 15.1. The molecule has 0 aromatic heterocycles. The number of hydrogen-bond donors (Lipinski definition) is 10. The van der Waals surface area contributed by atoms with E-state index in [2.05, 4.69) is 26.6 Å². The molecule has 1 aromatic carbocycles. The van der Waals surface area contributed by atoms with Crippen molar-refractivity contribution in [3.63, 3.8) is 0 Å². The van der Waals surface area contributed by atoms with Crippen molar-refractivity contribution in [1.82, 2.24) is 36.4 Å². The van der Waals surface area contributed by atoms with Crippen molar-refractivity contribution in [3.8, 4) is 5.75 Å². The van der Waals surface area contributed by atoms with E-state index in [-0.39, 0.29) is 76.7 Å². The van der Waals surface area contributed by atoms with Crippen LogP contribution in [0.4, 0.5) is 0 Å². The first kappa shape index (κ1) is 41.9. The van der Waals surface area contributed by atoms with Gasteiger partial charge in [0.05, 0.1) is 18.3 Å². The fourth-order valence-corrected chi connectivity index (χ4v) is 7.07. The summed E-state index contributed by atoms with van der Waals surface area (Å²) in [7, 11) is 0. The number of phenolic OH excluding ortho intramolecular Hbond substituents is 1. The number of hydrogen-bond acceptors (Lipinski definition) is 12. The molecule has 19 heteroatoms. The van der Waals surface area contributed by atoms with Crippen LogP contribution in [0.3, 0.4) is 0 Å². The number of nitrogens with zero attached hydrogens (tertiary/aromatic N) is 2. The van der Waals surface area contributed by atoms with Crippen LogP contribution in [0.1, 0.15) is 57.4 Å². The van der Waals surface area contributed by atoms with Crippen molar-refractivity contribution in [1.29, 1.82) is 0 Å². The average molecular weight is 761 g/mol. The zero-order chi connectivity index (χ0) is 39.5. The summed E-state index contributed by atoms with van der Waals surface area (Å²) in [6, 6.07) is -1.73. The molecule has 298 valence electrons. The molecular weight excluding hydrogens is 708 g/mol. The fraction of sp³-hybridized carbons (Fsp3) is 0.629. The Morgan fingerprint density at radius 3 is 2.28 bits per heavy atom. The predicted molar refractivity (Wildman–Crippen MR) is 190 cm³/mol. The van der Waals surface area contributed by atoms with E-state index in [9.17, 15) is 54.0 Å². The molecule has 0 radical (unpaired) electrons. The number of carbonyl (C=O) groups excluding carboxylic acids is 7. The zero-order valence-electron chi connectivity index (χ0n) is 30.2. The lowest BCUT2D eigenvalue weighted by Gasteiger charge is -2.33. The van der Waals surface area contributed by atoms with Crippen LogP contribution in [0.5, 0.6) is 5.75 Å². The van der Waals surface area contributed by atoms with Crippen LogP contribution >= 0.6 is 0 Å². The fourth-order valence-electron chi connectivity index (χ4n) is 7.07. The van der Waals surface area contributed by atoms with Gasteiger partial charge in [0.25, 0.3) is 0 Å². The zero-order valence-corrected chi connectivity index (χ0v) is 30.2. The van der Waals surface area contributed by atoms with Gasteiger partial charge in [-0.25, -0.2) is 0 Å². The summed E-state index contributed by atoms with van der Waals surface area (Å²) >= 11 is 0. The van der Waals surface area contributed by atoms with Gasteiger partial charge in [-0.2, -0.15) is 0 Å². The number of aliphatic hydroxyl groups is 3. The van der Waals surface area contributed by atoms with Crippen LogP contribution in [-0.2, 0) is 40.0 Å². The summed E-state index contributed by atoms with van der Waals surface area (Å²) in [5.74, 6) is -4.64. The molecule has 0 aliphatic carbocycles. The number of fused-ring (bicyclic) bond motifs is 2. The number of aryl methyl sites for hydroxylation is 1. The molecule has 3 saturated heterocycles. The lowest BCUT2D eigenvalue weighted by molar-refractivity contribution is -0.146. The summed E-state index contributed by atoms with van der Waals surface area (Å²) in [4.78, 5) is 96.2. The van der Waals surface area contributed by atoms with Crippen LogP contribution in [0.2, 0.25) is 0 Å². The molecule has 1 aromatic rings. The summed E-state index contributed by atoms with van der Waals surface area (Å²) in [6.45, 7) is 1.16. The van der Waals surface area contributed by atoms with E-state index in [0.29, 0.717) is 12.0 Å². The number of phenols is 1. The number of aliphatic hydroxyl groups excluding tert-OH is 3. The van der Waals surface area contributed by atoms with E-state index in [0.717, 1.165) is 4.90 Å². The quantitative estimate of drug-likeness (QED) is 0.107. The van der Waals surface area contributed by atoms with Crippen LogP contribution < -0.4 is 32.3 Å². The van der Waals surface area contributed by atoms with Gasteiger partial charge < -0.3 is 62.5 Å². The van der Waals surface area contributed by atoms with E-state index in [1.54, 1.807) is 19.1 Å². The summed E-state index contributed by atoms with van der Waals surface area (Å²) in [5.41, 5.74) is 6.40. The molecule has 19 nitrogen and oxygen atoms in total. The molecular formula is C35H52N8O11. The van der Waals surface area contributed by atoms with Gasteiger partial charge in [0.2, 0.25) is 41.9 Å².